The second kappa shape index (κ2) is 6.85. The first-order chi connectivity index (χ1) is 9.54. The summed E-state index contributed by atoms with van der Waals surface area (Å²) in [7, 11) is 0. The molecule has 1 amide bonds. The van der Waals surface area contributed by atoms with Gasteiger partial charge in [0.15, 0.2) is 6.61 Å². The van der Waals surface area contributed by atoms with Crippen LogP contribution < -0.4 is 5.32 Å². The van der Waals surface area contributed by atoms with Crippen LogP contribution in [-0.4, -0.2) is 18.5 Å². The highest BCUT2D eigenvalue weighted by Gasteiger charge is 2.12. The fraction of sp³-hybridized carbons (Fsp3) is 0.143. The van der Waals surface area contributed by atoms with Crippen LogP contribution in [0.1, 0.15) is 14.5 Å². The third-order valence-corrected chi connectivity index (χ3v) is 4.04. The van der Waals surface area contributed by atoms with E-state index < -0.39 is 5.97 Å². The first-order valence-electron chi connectivity index (χ1n) is 5.83. The number of rotatable bonds is 4. The van der Waals surface area contributed by atoms with Crippen LogP contribution in [0.5, 0.6) is 0 Å². The average molecular weight is 401 g/mol. The molecular formula is C14H12INO3S. The van der Waals surface area contributed by atoms with E-state index in [0.29, 0.717) is 10.6 Å². The van der Waals surface area contributed by atoms with E-state index in [2.05, 4.69) is 27.9 Å². The summed E-state index contributed by atoms with van der Waals surface area (Å²) in [6.45, 7) is 1.62. The molecule has 20 heavy (non-hydrogen) atoms. The zero-order valence-corrected chi connectivity index (χ0v) is 13.7. The van der Waals surface area contributed by atoms with Gasteiger partial charge < -0.3 is 10.1 Å². The first-order valence-corrected chi connectivity index (χ1v) is 7.73. The van der Waals surface area contributed by atoms with Gasteiger partial charge in [0, 0.05) is 14.1 Å². The minimum absolute atomic E-state index is 0.290. The van der Waals surface area contributed by atoms with Crippen molar-refractivity contribution in [2.24, 2.45) is 0 Å². The number of hydrogen-bond donors (Lipinski definition) is 1. The standard InChI is InChI=1S/C14H12INO3S/c1-9-5-6-12(20-9)14(18)19-8-13(17)16-11-4-2-3-10(15)7-11/h2-7H,8H2,1H3,(H,16,17). The number of thiophene rings is 1. The lowest BCUT2D eigenvalue weighted by Gasteiger charge is -2.06. The molecule has 0 spiro atoms. The number of benzene rings is 1. The summed E-state index contributed by atoms with van der Waals surface area (Å²) >= 11 is 3.51. The summed E-state index contributed by atoms with van der Waals surface area (Å²) in [5.41, 5.74) is 0.685. The summed E-state index contributed by atoms with van der Waals surface area (Å²) in [6.07, 6.45) is 0. The first kappa shape index (κ1) is 15.0. The minimum Gasteiger partial charge on any atom is -0.451 e. The largest absolute Gasteiger partial charge is 0.451 e. The summed E-state index contributed by atoms with van der Waals surface area (Å²) in [5, 5.41) is 2.68. The Morgan fingerprint density at radius 1 is 1.30 bits per heavy atom. The molecule has 0 aliphatic heterocycles. The molecule has 0 unspecified atom stereocenters. The summed E-state index contributed by atoms with van der Waals surface area (Å²) < 4.78 is 5.98. The van der Waals surface area contributed by atoms with Crippen molar-refractivity contribution in [1.29, 1.82) is 0 Å². The molecule has 0 radical (unpaired) electrons. The van der Waals surface area contributed by atoms with E-state index in [4.69, 9.17) is 4.74 Å². The third-order valence-electron chi connectivity index (χ3n) is 2.38. The number of nitrogens with one attached hydrogen (secondary N) is 1. The van der Waals surface area contributed by atoms with E-state index in [9.17, 15) is 9.59 Å². The monoisotopic (exact) mass is 401 g/mol. The topological polar surface area (TPSA) is 55.4 Å². The summed E-state index contributed by atoms with van der Waals surface area (Å²) in [6, 6.07) is 10.9. The normalized spacial score (nSPS) is 10.1. The van der Waals surface area contributed by atoms with Crippen molar-refractivity contribution in [2.75, 3.05) is 11.9 Å². The zero-order valence-electron chi connectivity index (χ0n) is 10.7. The second-order valence-electron chi connectivity index (χ2n) is 4.04. The second-order valence-corrected chi connectivity index (χ2v) is 6.58. The number of carbonyl (C=O) groups excluding carboxylic acids is 2. The maximum atomic E-state index is 11.7. The van der Waals surface area contributed by atoms with Crippen molar-refractivity contribution in [3.8, 4) is 0 Å². The molecule has 4 nitrogen and oxygen atoms in total. The minimum atomic E-state index is -0.471. The van der Waals surface area contributed by atoms with Gasteiger partial charge in [-0.05, 0) is 59.8 Å². The molecular weight excluding hydrogens is 389 g/mol. The maximum Gasteiger partial charge on any atom is 0.348 e. The Balaban J connectivity index is 1.85. The average Bonchev–Trinajstić information content (AvgIpc) is 2.83. The lowest BCUT2D eigenvalue weighted by Crippen LogP contribution is -2.20. The predicted octanol–water partition coefficient (Wildman–Crippen LogP) is 3.46. The van der Waals surface area contributed by atoms with Crippen LogP contribution >= 0.6 is 33.9 Å². The number of anilines is 1. The molecule has 0 bridgehead atoms. The number of amides is 1. The highest BCUT2D eigenvalue weighted by atomic mass is 127. The molecule has 0 aliphatic carbocycles. The zero-order chi connectivity index (χ0) is 14.5. The van der Waals surface area contributed by atoms with Crippen LogP contribution in [0.2, 0.25) is 0 Å². The van der Waals surface area contributed by atoms with Crippen LogP contribution in [0.4, 0.5) is 5.69 Å². The van der Waals surface area contributed by atoms with Gasteiger partial charge >= 0.3 is 5.97 Å². The third kappa shape index (κ3) is 4.31. The molecule has 0 saturated heterocycles. The van der Waals surface area contributed by atoms with E-state index in [0.717, 1.165) is 8.45 Å². The Kier molecular flexibility index (Phi) is 5.13. The summed E-state index contributed by atoms with van der Waals surface area (Å²) in [4.78, 5) is 24.9. The lowest BCUT2D eigenvalue weighted by atomic mass is 10.3. The quantitative estimate of drug-likeness (QED) is 0.631. The SMILES string of the molecule is Cc1ccc(C(=O)OCC(=O)Nc2cccc(I)c2)s1. The number of aryl methyl sites for hydroxylation is 1. The Morgan fingerprint density at radius 2 is 2.10 bits per heavy atom. The molecule has 0 aliphatic rings. The number of carbonyl (C=O) groups is 2. The summed E-state index contributed by atoms with van der Waals surface area (Å²) in [5.74, 6) is -0.825. The van der Waals surface area contributed by atoms with Gasteiger partial charge in [-0.2, -0.15) is 0 Å². The predicted molar refractivity (Wildman–Crippen MR) is 87.1 cm³/mol. The Morgan fingerprint density at radius 3 is 2.75 bits per heavy atom. The molecule has 1 aromatic carbocycles. The fourth-order valence-corrected chi connectivity index (χ4v) is 2.81. The van der Waals surface area contributed by atoms with Crippen LogP contribution in [-0.2, 0) is 9.53 Å². The van der Waals surface area contributed by atoms with Gasteiger partial charge in [-0.1, -0.05) is 6.07 Å². The lowest BCUT2D eigenvalue weighted by molar-refractivity contribution is -0.119. The Labute approximate surface area is 134 Å². The van der Waals surface area contributed by atoms with Gasteiger partial charge in [-0.15, -0.1) is 11.3 Å². The molecule has 0 saturated carbocycles. The van der Waals surface area contributed by atoms with Crippen molar-refractivity contribution < 1.29 is 14.3 Å². The van der Waals surface area contributed by atoms with Crippen molar-refractivity contribution >= 4 is 51.5 Å². The van der Waals surface area contributed by atoms with Gasteiger partial charge in [-0.3, -0.25) is 4.79 Å². The maximum absolute atomic E-state index is 11.7. The molecule has 1 heterocycles. The molecule has 2 rings (SSSR count). The number of hydrogen-bond acceptors (Lipinski definition) is 4. The van der Waals surface area contributed by atoms with E-state index >= 15 is 0 Å². The molecule has 0 atom stereocenters. The van der Waals surface area contributed by atoms with Crippen LogP contribution in [0.15, 0.2) is 36.4 Å². The molecule has 1 aromatic heterocycles. The number of esters is 1. The smallest absolute Gasteiger partial charge is 0.348 e. The van der Waals surface area contributed by atoms with Gasteiger partial charge in [0.1, 0.15) is 4.88 Å². The highest BCUT2D eigenvalue weighted by Crippen LogP contribution is 2.16. The van der Waals surface area contributed by atoms with Gasteiger partial charge in [0.2, 0.25) is 0 Å². The molecule has 6 heteroatoms. The van der Waals surface area contributed by atoms with E-state index in [1.807, 2.05) is 31.2 Å². The van der Waals surface area contributed by atoms with Crippen LogP contribution in [0, 0.1) is 10.5 Å². The van der Waals surface area contributed by atoms with Crippen LogP contribution in [0.25, 0.3) is 0 Å². The van der Waals surface area contributed by atoms with Gasteiger partial charge in [0.05, 0.1) is 0 Å². The number of halogens is 1. The highest BCUT2D eigenvalue weighted by molar-refractivity contribution is 14.1. The van der Waals surface area contributed by atoms with E-state index in [1.54, 1.807) is 12.1 Å². The van der Waals surface area contributed by atoms with Crippen molar-refractivity contribution in [2.45, 2.75) is 6.92 Å². The van der Waals surface area contributed by atoms with Crippen molar-refractivity contribution in [3.63, 3.8) is 0 Å². The van der Waals surface area contributed by atoms with E-state index in [-0.39, 0.29) is 12.5 Å². The molecule has 104 valence electrons. The van der Waals surface area contributed by atoms with Crippen molar-refractivity contribution in [3.05, 3.63) is 49.7 Å². The van der Waals surface area contributed by atoms with Gasteiger partial charge in [-0.25, -0.2) is 4.79 Å². The van der Waals surface area contributed by atoms with Crippen LogP contribution in [0.3, 0.4) is 0 Å². The van der Waals surface area contributed by atoms with Gasteiger partial charge in [0.25, 0.3) is 5.91 Å². The Hall–Kier alpha value is -1.41. The number of ether oxygens (including phenoxy) is 1. The molecule has 2 aromatic rings. The molecule has 0 fully saturated rings. The van der Waals surface area contributed by atoms with E-state index in [1.165, 1.54) is 11.3 Å². The Bertz CT molecular complexity index is 639. The molecule has 1 N–H and O–H groups in total. The van der Waals surface area contributed by atoms with Crippen molar-refractivity contribution in [1.82, 2.24) is 0 Å². The fourth-order valence-electron chi connectivity index (χ4n) is 1.51.